The molecule has 0 radical (unpaired) electrons. The van der Waals surface area contributed by atoms with Gasteiger partial charge in [0.05, 0.1) is 0 Å². The molecule has 2 unspecified atom stereocenters. The average molecular weight is 273 g/mol. The lowest BCUT2D eigenvalue weighted by Crippen LogP contribution is -2.33. The Morgan fingerprint density at radius 2 is 1.65 bits per heavy atom. The third-order valence-electron chi connectivity index (χ3n) is 4.85. The highest BCUT2D eigenvalue weighted by molar-refractivity contribution is 5.27. The van der Waals surface area contributed by atoms with E-state index in [0.717, 1.165) is 5.92 Å². The van der Waals surface area contributed by atoms with E-state index < -0.39 is 0 Å². The molecular formula is C19H31N. The van der Waals surface area contributed by atoms with Crippen molar-refractivity contribution >= 4 is 0 Å². The molecule has 1 fully saturated rings. The quantitative estimate of drug-likeness (QED) is 0.787. The van der Waals surface area contributed by atoms with Crippen molar-refractivity contribution in [2.45, 2.75) is 70.8 Å². The third-order valence-corrected chi connectivity index (χ3v) is 4.85. The molecule has 1 N–H and O–H groups in total. The second-order valence-corrected chi connectivity index (χ2v) is 7.44. The van der Waals surface area contributed by atoms with Crippen LogP contribution in [0.15, 0.2) is 24.3 Å². The minimum Gasteiger partial charge on any atom is -0.317 e. The molecule has 1 saturated carbocycles. The summed E-state index contributed by atoms with van der Waals surface area (Å²) >= 11 is 0. The minimum absolute atomic E-state index is 0.258. The third kappa shape index (κ3) is 4.09. The number of nitrogens with one attached hydrogen (secondary N) is 1. The van der Waals surface area contributed by atoms with Gasteiger partial charge in [-0.05, 0) is 48.8 Å². The van der Waals surface area contributed by atoms with E-state index in [4.69, 9.17) is 0 Å². The fraction of sp³-hybridized carbons (Fsp3) is 0.684. The molecule has 0 heterocycles. The zero-order chi connectivity index (χ0) is 14.6. The molecule has 0 spiro atoms. The van der Waals surface area contributed by atoms with Crippen molar-refractivity contribution in [1.29, 1.82) is 0 Å². The fourth-order valence-corrected chi connectivity index (χ4v) is 3.45. The van der Waals surface area contributed by atoms with Gasteiger partial charge in [0.1, 0.15) is 0 Å². The van der Waals surface area contributed by atoms with E-state index in [2.05, 4.69) is 57.4 Å². The van der Waals surface area contributed by atoms with E-state index in [9.17, 15) is 0 Å². The van der Waals surface area contributed by atoms with Crippen LogP contribution in [0.1, 0.15) is 64.0 Å². The van der Waals surface area contributed by atoms with Gasteiger partial charge in [-0.2, -0.15) is 0 Å². The van der Waals surface area contributed by atoms with Crippen LogP contribution >= 0.6 is 0 Å². The molecule has 2 rings (SSSR count). The standard InChI is InChI=1S/C19H31N/c1-19(2,3)17-12-10-15(11-13-17)14-16-8-6-5-7-9-18(16)20-4/h10-13,16,18,20H,5-9,14H2,1-4H3. The van der Waals surface area contributed by atoms with Crippen molar-refractivity contribution < 1.29 is 0 Å². The first-order valence-electron chi connectivity index (χ1n) is 8.27. The van der Waals surface area contributed by atoms with Gasteiger partial charge in [0.2, 0.25) is 0 Å². The zero-order valence-electron chi connectivity index (χ0n) is 13.7. The molecular weight excluding hydrogens is 242 g/mol. The summed E-state index contributed by atoms with van der Waals surface area (Å²) in [6.45, 7) is 6.85. The summed E-state index contributed by atoms with van der Waals surface area (Å²) in [5, 5.41) is 3.55. The number of rotatable bonds is 3. The number of benzene rings is 1. The first-order chi connectivity index (χ1) is 9.50. The Kier molecular flexibility index (Phi) is 5.26. The first kappa shape index (κ1) is 15.6. The smallest absolute Gasteiger partial charge is 0.00955 e. The maximum Gasteiger partial charge on any atom is 0.00955 e. The fourth-order valence-electron chi connectivity index (χ4n) is 3.45. The molecule has 0 bridgehead atoms. The second kappa shape index (κ2) is 6.76. The van der Waals surface area contributed by atoms with Crippen LogP contribution in [0.25, 0.3) is 0 Å². The van der Waals surface area contributed by atoms with E-state index in [-0.39, 0.29) is 5.41 Å². The minimum atomic E-state index is 0.258. The molecule has 0 saturated heterocycles. The Hall–Kier alpha value is -0.820. The van der Waals surface area contributed by atoms with E-state index in [0.29, 0.717) is 6.04 Å². The molecule has 1 aromatic rings. The lowest BCUT2D eigenvalue weighted by atomic mass is 9.84. The van der Waals surface area contributed by atoms with Crippen molar-refractivity contribution in [2.75, 3.05) is 7.05 Å². The van der Waals surface area contributed by atoms with Crippen molar-refractivity contribution in [3.05, 3.63) is 35.4 Å². The van der Waals surface area contributed by atoms with Crippen LogP contribution < -0.4 is 5.32 Å². The molecule has 1 aliphatic carbocycles. The van der Waals surface area contributed by atoms with Crippen molar-refractivity contribution in [1.82, 2.24) is 5.32 Å². The summed E-state index contributed by atoms with van der Waals surface area (Å²) in [5.74, 6) is 0.808. The maximum atomic E-state index is 3.55. The topological polar surface area (TPSA) is 12.0 Å². The molecule has 20 heavy (non-hydrogen) atoms. The molecule has 1 heteroatoms. The Bertz CT molecular complexity index is 399. The summed E-state index contributed by atoms with van der Waals surface area (Å²) in [7, 11) is 2.13. The van der Waals surface area contributed by atoms with Gasteiger partial charge in [-0.15, -0.1) is 0 Å². The van der Waals surface area contributed by atoms with E-state index >= 15 is 0 Å². The average Bonchev–Trinajstić information content (AvgIpc) is 2.63. The highest BCUT2D eigenvalue weighted by Gasteiger charge is 2.22. The Morgan fingerprint density at radius 1 is 1.00 bits per heavy atom. The molecule has 1 aromatic carbocycles. The summed E-state index contributed by atoms with van der Waals surface area (Å²) in [6, 6.07) is 10.0. The Balaban J connectivity index is 2.04. The normalized spacial score (nSPS) is 24.4. The van der Waals surface area contributed by atoms with Crippen molar-refractivity contribution in [3.8, 4) is 0 Å². The van der Waals surface area contributed by atoms with Crippen LogP contribution in [-0.4, -0.2) is 13.1 Å². The Labute approximate surface area is 125 Å². The van der Waals surface area contributed by atoms with Crippen LogP contribution in [-0.2, 0) is 11.8 Å². The first-order valence-corrected chi connectivity index (χ1v) is 8.27. The molecule has 0 aromatic heterocycles. The van der Waals surface area contributed by atoms with E-state index in [1.807, 2.05) is 0 Å². The van der Waals surface area contributed by atoms with Crippen molar-refractivity contribution in [2.24, 2.45) is 5.92 Å². The Morgan fingerprint density at radius 3 is 2.25 bits per heavy atom. The molecule has 0 aliphatic heterocycles. The van der Waals surface area contributed by atoms with Gasteiger partial charge in [-0.1, -0.05) is 64.3 Å². The molecule has 0 amide bonds. The summed E-state index contributed by atoms with van der Waals surface area (Å²) < 4.78 is 0. The van der Waals surface area contributed by atoms with Gasteiger partial charge in [0.25, 0.3) is 0 Å². The lowest BCUT2D eigenvalue weighted by molar-refractivity contribution is 0.350. The molecule has 1 nitrogen and oxygen atoms in total. The predicted molar refractivity (Wildman–Crippen MR) is 88.3 cm³/mol. The van der Waals surface area contributed by atoms with Crippen molar-refractivity contribution in [3.63, 3.8) is 0 Å². The maximum absolute atomic E-state index is 3.55. The summed E-state index contributed by atoms with van der Waals surface area (Å²) in [4.78, 5) is 0. The molecule has 1 aliphatic rings. The largest absolute Gasteiger partial charge is 0.317 e. The van der Waals surface area contributed by atoms with Gasteiger partial charge in [0, 0.05) is 6.04 Å². The number of hydrogen-bond donors (Lipinski definition) is 1. The summed E-state index contributed by atoms with van der Waals surface area (Å²) in [5.41, 5.74) is 3.20. The van der Waals surface area contributed by atoms with Gasteiger partial charge < -0.3 is 5.32 Å². The molecule has 112 valence electrons. The monoisotopic (exact) mass is 273 g/mol. The number of hydrogen-bond acceptors (Lipinski definition) is 1. The van der Waals surface area contributed by atoms with Crippen LogP contribution in [0.3, 0.4) is 0 Å². The van der Waals surface area contributed by atoms with Crippen LogP contribution in [0.5, 0.6) is 0 Å². The van der Waals surface area contributed by atoms with Crippen LogP contribution in [0.4, 0.5) is 0 Å². The van der Waals surface area contributed by atoms with Crippen LogP contribution in [0.2, 0.25) is 0 Å². The lowest BCUT2D eigenvalue weighted by Gasteiger charge is -2.25. The van der Waals surface area contributed by atoms with Crippen LogP contribution in [0, 0.1) is 5.92 Å². The van der Waals surface area contributed by atoms with Gasteiger partial charge in [0.15, 0.2) is 0 Å². The predicted octanol–water partition coefficient (Wildman–Crippen LogP) is 4.69. The van der Waals surface area contributed by atoms with E-state index in [1.54, 1.807) is 0 Å². The highest BCUT2D eigenvalue weighted by atomic mass is 14.9. The molecule has 2 atom stereocenters. The van der Waals surface area contributed by atoms with Gasteiger partial charge in [-0.25, -0.2) is 0 Å². The zero-order valence-corrected chi connectivity index (χ0v) is 13.7. The van der Waals surface area contributed by atoms with Gasteiger partial charge in [-0.3, -0.25) is 0 Å². The SMILES string of the molecule is CNC1CCCCCC1Cc1ccc(C(C)(C)C)cc1. The second-order valence-electron chi connectivity index (χ2n) is 7.44. The van der Waals surface area contributed by atoms with E-state index in [1.165, 1.54) is 49.7 Å². The van der Waals surface area contributed by atoms with Gasteiger partial charge >= 0.3 is 0 Å². The highest BCUT2D eigenvalue weighted by Crippen LogP contribution is 2.28. The summed E-state index contributed by atoms with van der Waals surface area (Å²) in [6.07, 6.45) is 8.18.